The molecule has 45 heavy (non-hydrogen) atoms. The number of nitrogens with one attached hydrogen (secondary N) is 1. The first-order valence-electron chi connectivity index (χ1n) is 13.3. The number of amides is 1. The molecule has 10 nitrogen and oxygen atoms in total. The first-order valence-corrected chi connectivity index (χ1v) is 13.3. The summed E-state index contributed by atoms with van der Waals surface area (Å²) in [6.45, 7) is 2.30. The summed E-state index contributed by atoms with van der Waals surface area (Å²) in [5, 5.41) is 62.5. The maximum Gasteiger partial charge on any atom is 0.297 e. The molecule has 10 heteroatoms. The molecular formula is C35H69NO9. The highest BCUT2D eigenvalue weighted by atomic mass is 16.7. The summed E-state index contributed by atoms with van der Waals surface area (Å²) in [5.41, 5.74) is 0. The molecule has 1 saturated heterocycles. The standard InChI is InChI=1S/C35H29NO9.20H2/c1-3-5-6-7-8-9-10-11-12-13-14-15-16-17-18-19-20-21-22-24-30(39)36-27(31(40)28(38)23-4-2)26-44-35-34(43)33(42)32(41)29(25-37)45-35;;;;;;;;;;;;;;;;;;;;/h27-29,31-35,37-38,40-43H,4,23,25-26H2,1-2H3,(H,36,39);20*1H/t27-,28+,29?,31-,32?,33?,34?,35?;;;;;;;;;;;;;;;;;;;;/m0..................../s1. The molecule has 1 amide bonds. The lowest BCUT2D eigenvalue weighted by atomic mass is 9.99. The number of ether oxygens (including phenoxy) is 2. The van der Waals surface area contributed by atoms with Gasteiger partial charge >= 0.3 is 0 Å². The number of hydrogen-bond donors (Lipinski definition) is 7. The average molecular weight is 648 g/mol. The Labute approximate surface area is 293 Å². The predicted molar refractivity (Wildman–Crippen MR) is 204 cm³/mol. The summed E-state index contributed by atoms with van der Waals surface area (Å²) in [6, 6.07) is -1.22. The first-order chi connectivity index (χ1) is 21.8. The second-order valence-electron chi connectivity index (χ2n) is 8.58. The highest BCUT2D eigenvalue weighted by Gasteiger charge is 2.44. The molecule has 1 heterocycles. The van der Waals surface area contributed by atoms with E-state index in [4.69, 9.17) is 9.47 Å². The van der Waals surface area contributed by atoms with Crippen molar-refractivity contribution in [2.75, 3.05) is 13.2 Å². The fourth-order valence-electron chi connectivity index (χ4n) is 3.22. The third-order valence-corrected chi connectivity index (χ3v) is 5.36. The first kappa shape index (κ1) is 37.8. The third-order valence-electron chi connectivity index (χ3n) is 5.36. The smallest absolute Gasteiger partial charge is 0.297 e. The molecule has 1 fully saturated rings. The highest BCUT2D eigenvalue weighted by molar-refractivity contribution is 5.94. The monoisotopic (exact) mass is 647 g/mol. The van der Waals surface area contributed by atoms with E-state index < -0.39 is 68.1 Å². The molecule has 8 atom stereocenters. The quantitative estimate of drug-likeness (QED) is 0.185. The van der Waals surface area contributed by atoms with Crippen LogP contribution in [0, 0.1) is 118 Å². The minimum Gasteiger partial charge on any atom is -0.394 e. The van der Waals surface area contributed by atoms with E-state index in [2.05, 4.69) is 124 Å². The summed E-state index contributed by atoms with van der Waals surface area (Å²) >= 11 is 0. The van der Waals surface area contributed by atoms with E-state index in [1.165, 1.54) is 0 Å². The van der Waals surface area contributed by atoms with Crippen molar-refractivity contribution in [3.05, 3.63) is 0 Å². The highest BCUT2D eigenvalue weighted by Crippen LogP contribution is 2.22. The second kappa shape index (κ2) is 23.2. The van der Waals surface area contributed by atoms with Gasteiger partial charge in [-0.1, -0.05) is 19.3 Å². The van der Waals surface area contributed by atoms with Crippen LogP contribution >= 0.6 is 0 Å². The zero-order valence-corrected chi connectivity index (χ0v) is 24.4. The normalized spacial score (nSPS) is 20.4. The van der Waals surface area contributed by atoms with Gasteiger partial charge in [0.25, 0.3) is 5.91 Å². The Morgan fingerprint density at radius 3 is 1.69 bits per heavy atom. The van der Waals surface area contributed by atoms with E-state index in [-0.39, 0.29) is 35.0 Å². The van der Waals surface area contributed by atoms with Crippen LogP contribution in [0.5, 0.6) is 0 Å². The van der Waals surface area contributed by atoms with Crippen molar-refractivity contribution in [3.8, 4) is 118 Å². The van der Waals surface area contributed by atoms with Gasteiger partial charge in [0.15, 0.2) is 6.29 Å². The fraction of sp³-hybridized carbons (Fsp3) is 0.400. The summed E-state index contributed by atoms with van der Waals surface area (Å²) in [6.07, 6.45) is -9.67. The molecule has 0 saturated carbocycles. The molecule has 1 aliphatic rings. The van der Waals surface area contributed by atoms with Crippen LogP contribution < -0.4 is 5.32 Å². The number of carbonyl (C=O) groups is 1. The lowest BCUT2D eigenvalue weighted by molar-refractivity contribution is -0.303. The zero-order valence-electron chi connectivity index (χ0n) is 24.4. The van der Waals surface area contributed by atoms with Crippen molar-refractivity contribution in [1.82, 2.24) is 5.32 Å². The molecule has 0 aliphatic carbocycles. The van der Waals surface area contributed by atoms with E-state index in [1.807, 2.05) is 0 Å². The molecule has 7 N–H and O–H groups in total. The maximum absolute atomic E-state index is 12.3. The Morgan fingerprint density at radius 2 is 1.24 bits per heavy atom. The van der Waals surface area contributed by atoms with Crippen LogP contribution in [0.4, 0.5) is 0 Å². The van der Waals surface area contributed by atoms with Gasteiger partial charge in [0.2, 0.25) is 0 Å². The number of aliphatic hydroxyl groups excluding tert-OH is 6. The second-order valence-corrected chi connectivity index (χ2v) is 8.58. The molecule has 0 aromatic rings. The van der Waals surface area contributed by atoms with Gasteiger partial charge in [0.05, 0.1) is 25.4 Å². The summed E-state index contributed by atoms with van der Waals surface area (Å²) in [4.78, 5) is 12.3. The maximum atomic E-state index is 12.3. The zero-order chi connectivity index (χ0) is 33.3. The largest absolute Gasteiger partial charge is 0.394 e. The SMILES string of the molecule is CC#CC#CC#CC#CC#CC#CC#CC#CC#CC#CC(=O)N[C@@H](COC1OC(CO)C(O)C(O)C1O)[C@H](O)[C@H](O)CCC.[HH].[HH].[HH].[HH].[HH].[HH].[HH].[HH].[HH].[HH].[HH].[HH].[HH].[HH].[HH].[HH].[HH].[HH].[HH].[HH]. The van der Waals surface area contributed by atoms with Gasteiger partial charge in [-0.2, -0.15) is 0 Å². The minimum atomic E-state index is -1.69. The molecule has 0 radical (unpaired) electrons. The summed E-state index contributed by atoms with van der Waals surface area (Å²) in [5.74, 6) is 47.9. The van der Waals surface area contributed by atoms with Crippen LogP contribution in [0.25, 0.3) is 0 Å². The molecule has 0 aromatic heterocycles. The van der Waals surface area contributed by atoms with Crippen LogP contribution in [-0.2, 0) is 14.3 Å². The molecule has 0 bridgehead atoms. The van der Waals surface area contributed by atoms with E-state index in [0.29, 0.717) is 6.42 Å². The lowest BCUT2D eigenvalue weighted by Gasteiger charge is -2.40. The Morgan fingerprint density at radius 1 is 0.778 bits per heavy atom. The van der Waals surface area contributed by atoms with E-state index >= 15 is 0 Å². The van der Waals surface area contributed by atoms with Gasteiger partial charge in [0, 0.05) is 46.3 Å². The Balaban J connectivity index is -0.0000000562. The number of carbonyl (C=O) groups excluding carboxylic acids is 1. The van der Waals surface area contributed by atoms with E-state index in [1.54, 1.807) is 13.8 Å². The molecule has 1 aliphatic heterocycles. The van der Waals surface area contributed by atoms with Gasteiger partial charge in [-0.3, -0.25) is 4.79 Å². The topological polar surface area (TPSA) is 169 Å². The van der Waals surface area contributed by atoms with Crippen molar-refractivity contribution >= 4 is 5.91 Å². The van der Waals surface area contributed by atoms with Crippen molar-refractivity contribution in [2.24, 2.45) is 0 Å². The fourth-order valence-corrected chi connectivity index (χ4v) is 3.22. The van der Waals surface area contributed by atoms with Crippen molar-refractivity contribution in [2.45, 2.75) is 75.6 Å². The Bertz CT molecular complexity index is 1720. The summed E-state index contributed by atoms with van der Waals surface area (Å²) in [7, 11) is 0. The molecule has 5 unspecified atom stereocenters. The molecular weight excluding hydrogens is 578 g/mol. The van der Waals surface area contributed by atoms with Gasteiger partial charge in [-0.05, 0) is 108 Å². The molecule has 1 rings (SSSR count). The Kier molecular flexibility index (Phi) is 19.5. The van der Waals surface area contributed by atoms with Crippen LogP contribution in [0.2, 0.25) is 0 Å². The van der Waals surface area contributed by atoms with Crippen LogP contribution in [-0.4, -0.2) is 98.7 Å². The predicted octanol–water partition coefficient (Wildman–Crippen LogP) is 1.78. The molecule has 268 valence electrons. The van der Waals surface area contributed by atoms with Crippen LogP contribution in [0.3, 0.4) is 0 Å². The number of aliphatic hydroxyl groups is 6. The van der Waals surface area contributed by atoms with Crippen molar-refractivity contribution in [3.63, 3.8) is 0 Å². The van der Waals surface area contributed by atoms with Crippen LogP contribution in [0.1, 0.15) is 55.2 Å². The van der Waals surface area contributed by atoms with Crippen molar-refractivity contribution < 1.29 is 73.4 Å². The van der Waals surface area contributed by atoms with Gasteiger partial charge in [0.1, 0.15) is 30.5 Å². The average Bonchev–Trinajstić information content (AvgIpc) is 3.03. The number of hydrogen-bond acceptors (Lipinski definition) is 9. The van der Waals surface area contributed by atoms with Gasteiger partial charge < -0.3 is 45.4 Å². The van der Waals surface area contributed by atoms with Gasteiger partial charge in [-0.25, -0.2) is 0 Å². The van der Waals surface area contributed by atoms with E-state index in [0.717, 1.165) is 0 Å². The molecule has 0 aromatic carbocycles. The number of rotatable bonds is 9. The summed E-state index contributed by atoms with van der Waals surface area (Å²) < 4.78 is 10.7. The van der Waals surface area contributed by atoms with Gasteiger partial charge in [-0.15, -0.1) is 0 Å². The van der Waals surface area contributed by atoms with Crippen LogP contribution in [0.15, 0.2) is 0 Å². The molecule has 0 spiro atoms. The van der Waals surface area contributed by atoms with E-state index in [9.17, 15) is 35.4 Å². The lowest BCUT2D eigenvalue weighted by Crippen LogP contribution is -2.60. The van der Waals surface area contributed by atoms with Crippen molar-refractivity contribution in [1.29, 1.82) is 0 Å². The Hall–Kier alpha value is -5.25. The minimum absolute atomic E-state index is 0. The third kappa shape index (κ3) is 15.7.